The van der Waals surface area contributed by atoms with E-state index >= 15 is 0 Å². The first-order valence-electron chi connectivity index (χ1n) is 14.1. The second kappa shape index (κ2) is 11.6. The molecule has 210 valence electrons. The number of morpholine rings is 1. The standard InChI is InChI=1S/C29H37N9O2/c1-19(2)31-27-34-26(35-28(36-27)38-24-11-12-25(38)18-40-17-24)20-3-5-21(6-4-20)32-29(39)33-22-7-9-23(10-8-22)37-15-13-30-14-16-37/h3-10,19,24-25,30H,11-18H2,1-2H3,(H2,32,33,39)(H,31,34,35,36). The Bertz CT molecular complexity index is 1290. The van der Waals surface area contributed by atoms with Crippen molar-refractivity contribution in [2.24, 2.45) is 0 Å². The summed E-state index contributed by atoms with van der Waals surface area (Å²) in [6.45, 7) is 9.47. The number of ether oxygens (including phenoxy) is 1. The SMILES string of the molecule is CC(C)Nc1nc(-c2ccc(NC(=O)Nc3ccc(N4CCNCC4)cc3)cc2)nc(N2C3CCC2COC3)n1. The number of nitrogens with zero attached hydrogens (tertiary/aromatic N) is 5. The predicted molar refractivity (Wildman–Crippen MR) is 158 cm³/mol. The molecule has 1 aromatic heterocycles. The maximum Gasteiger partial charge on any atom is 0.323 e. The van der Waals surface area contributed by atoms with Gasteiger partial charge in [-0.2, -0.15) is 15.0 Å². The molecule has 0 saturated carbocycles. The maximum absolute atomic E-state index is 12.7. The molecule has 0 aliphatic carbocycles. The molecule has 3 saturated heterocycles. The van der Waals surface area contributed by atoms with Gasteiger partial charge in [-0.25, -0.2) is 4.79 Å². The van der Waals surface area contributed by atoms with Gasteiger partial charge in [-0.15, -0.1) is 0 Å². The Hall–Kier alpha value is -3.96. The summed E-state index contributed by atoms with van der Waals surface area (Å²) < 4.78 is 5.76. The number of piperazine rings is 1. The summed E-state index contributed by atoms with van der Waals surface area (Å²) in [5.41, 5.74) is 3.44. The molecule has 11 nitrogen and oxygen atoms in total. The first-order chi connectivity index (χ1) is 19.5. The fourth-order valence-electron chi connectivity index (χ4n) is 5.56. The Morgan fingerprint density at radius 3 is 2.15 bits per heavy atom. The number of aromatic nitrogens is 3. The van der Waals surface area contributed by atoms with E-state index in [0.29, 0.717) is 48.7 Å². The van der Waals surface area contributed by atoms with Gasteiger partial charge in [0.25, 0.3) is 0 Å². The lowest BCUT2D eigenvalue weighted by atomic mass is 10.2. The summed E-state index contributed by atoms with van der Waals surface area (Å²) in [5.74, 6) is 1.85. The number of urea groups is 1. The van der Waals surface area contributed by atoms with E-state index in [4.69, 9.17) is 19.7 Å². The highest BCUT2D eigenvalue weighted by Crippen LogP contribution is 2.33. The van der Waals surface area contributed by atoms with E-state index in [1.54, 1.807) is 0 Å². The Kier molecular flexibility index (Phi) is 7.65. The molecule has 4 heterocycles. The number of rotatable bonds is 7. The zero-order valence-corrected chi connectivity index (χ0v) is 23.1. The van der Waals surface area contributed by atoms with Gasteiger partial charge in [-0.3, -0.25) is 0 Å². The van der Waals surface area contributed by atoms with Crippen LogP contribution in [0.25, 0.3) is 11.4 Å². The minimum atomic E-state index is -0.295. The summed E-state index contributed by atoms with van der Waals surface area (Å²) in [5, 5.41) is 12.5. The number of hydrogen-bond acceptors (Lipinski definition) is 9. The summed E-state index contributed by atoms with van der Waals surface area (Å²) in [4.78, 5) is 31.6. The topological polar surface area (TPSA) is 120 Å². The van der Waals surface area contributed by atoms with Crippen LogP contribution in [0.5, 0.6) is 0 Å². The molecule has 3 aliphatic heterocycles. The summed E-state index contributed by atoms with van der Waals surface area (Å²) >= 11 is 0. The van der Waals surface area contributed by atoms with Crippen LogP contribution in [0.4, 0.5) is 33.8 Å². The number of anilines is 5. The third-order valence-electron chi connectivity index (χ3n) is 7.52. The van der Waals surface area contributed by atoms with Gasteiger partial charge in [-0.05, 0) is 75.2 Å². The first kappa shape index (κ1) is 26.3. The fraction of sp³-hybridized carbons (Fsp3) is 0.448. The number of fused-ring (bicyclic) bond motifs is 2. The van der Waals surface area contributed by atoms with E-state index in [1.807, 2.05) is 48.5 Å². The molecule has 0 spiro atoms. The molecule has 3 aliphatic rings. The van der Waals surface area contributed by atoms with Crippen LogP contribution >= 0.6 is 0 Å². The molecule has 3 aromatic rings. The molecular formula is C29H37N9O2. The van der Waals surface area contributed by atoms with Gasteiger partial charge in [0.05, 0.1) is 25.3 Å². The Labute approximate surface area is 234 Å². The number of hydrogen-bond donors (Lipinski definition) is 4. The summed E-state index contributed by atoms with van der Waals surface area (Å²) in [6, 6.07) is 16.0. The molecular weight excluding hydrogens is 506 g/mol. The van der Waals surface area contributed by atoms with Crippen molar-refractivity contribution in [3.63, 3.8) is 0 Å². The minimum Gasteiger partial charge on any atom is -0.377 e. The lowest BCUT2D eigenvalue weighted by Gasteiger charge is -2.34. The molecule has 4 N–H and O–H groups in total. The Morgan fingerprint density at radius 2 is 1.52 bits per heavy atom. The lowest BCUT2D eigenvalue weighted by Crippen LogP contribution is -2.47. The molecule has 2 aromatic carbocycles. The van der Waals surface area contributed by atoms with Gasteiger partial charge in [-0.1, -0.05) is 0 Å². The Balaban J connectivity index is 1.13. The fourth-order valence-corrected chi connectivity index (χ4v) is 5.56. The average molecular weight is 544 g/mol. The van der Waals surface area contributed by atoms with Crippen LogP contribution in [0.3, 0.4) is 0 Å². The third-order valence-corrected chi connectivity index (χ3v) is 7.52. The van der Waals surface area contributed by atoms with Crippen LogP contribution in [-0.4, -0.2) is 78.5 Å². The molecule has 40 heavy (non-hydrogen) atoms. The molecule has 2 amide bonds. The van der Waals surface area contributed by atoms with Crippen molar-refractivity contribution in [3.05, 3.63) is 48.5 Å². The number of benzene rings is 2. The monoisotopic (exact) mass is 543 g/mol. The summed E-state index contributed by atoms with van der Waals surface area (Å²) in [7, 11) is 0. The maximum atomic E-state index is 12.7. The van der Waals surface area contributed by atoms with Gasteiger partial charge in [0.2, 0.25) is 11.9 Å². The third kappa shape index (κ3) is 5.95. The van der Waals surface area contributed by atoms with E-state index in [9.17, 15) is 4.79 Å². The average Bonchev–Trinajstić information content (AvgIpc) is 3.21. The highest BCUT2D eigenvalue weighted by atomic mass is 16.5. The van der Waals surface area contributed by atoms with E-state index in [1.165, 1.54) is 0 Å². The predicted octanol–water partition coefficient (Wildman–Crippen LogP) is 3.78. The van der Waals surface area contributed by atoms with E-state index in [2.05, 4.69) is 44.9 Å². The molecule has 2 unspecified atom stereocenters. The van der Waals surface area contributed by atoms with E-state index in [-0.39, 0.29) is 12.1 Å². The van der Waals surface area contributed by atoms with Crippen molar-refractivity contribution in [2.75, 3.05) is 65.1 Å². The van der Waals surface area contributed by atoms with Crippen LogP contribution in [0.15, 0.2) is 48.5 Å². The van der Waals surface area contributed by atoms with Crippen LogP contribution in [0.2, 0.25) is 0 Å². The van der Waals surface area contributed by atoms with Crippen LogP contribution in [0, 0.1) is 0 Å². The molecule has 0 radical (unpaired) electrons. The normalized spacial score (nSPS) is 20.5. The molecule has 2 bridgehead atoms. The van der Waals surface area contributed by atoms with Crippen molar-refractivity contribution in [1.82, 2.24) is 20.3 Å². The van der Waals surface area contributed by atoms with Crippen molar-refractivity contribution in [3.8, 4) is 11.4 Å². The van der Waals surface area contributed by atoms with Gasteiger partial charge < -0.3 is 35.8 Å². The van der Waals surface area contributed by atoms with Crippen molar-refractivity contribution in [1.29, 1.82) is 0 Å². The Morgan fingerprint density at radius 1 is 0.900 bits per heavy atom. The zero-order chi connectivity index (χ0) is 27.5. The second-order valence-corrected chi connectivity index (χ2v) is 10.9. The quantitative estimate of drug-likeness (QED) is 0.353. The number of carbonyl (C=O) groups is 1. The smallest absolute Gasteiger partial charge is 0.323 e. The van der Waals surface area contributed by atoms with Crippen LogP contribution in [0.1, 0.15) is 26.7 Å². The molecule has 2 atom stereocenters. The molecule has 11 heteroatoms. The number of amides is 2. The lowest BCUT2D eigenvalue weighted by molar-refractivity contribution is 0.0897. The van der Waals surface area contributed by atoms with Gasteiger partial charge in [0, 0.05) is 54.8 Å². The van der Waals surface area contributed by atoms with Crippen molar-refractivity contribution in [2.45, 2.75) is 44.8 Å². The molecule has 3 fully saturated rings. The van der Waals surface area contributed by atoms with Crippen LogP contribution in [-0.2, 0) is 4.74 Å². The molecule has 6 rings (SSSR count). The van der Waals surface area contributed by atoms with Crippen molar-refractivity contribution >= 4 is 35.0 Å². The van der Waals surface area contributed by atoms with Crippen LogP contribution < -0.4 is 31.1 Å². The van der Waals surface area contributed by atoms with Gasteiger partial charge in [0.15, 0.2) is 5.82 Å². The highest BCUT2D eigenvalue weighted by Gasteiger charge is 2.39. The zero-order valence-electron chi connectivity index (χ0n) is 23.1. The number of carbonyl (C=O) groups excluding carboxylic acids is 1. The number of nitrogens with one attached hydrogen (secondary N) is 4. The van der Waals surface area contributed by atoms with Crippen molar-refractivity contribution < 1.29 is 9.53 Å². The van der Waals surface area contributed by atoms with Gasteiger partial charge in [0.1, 0.15) is 0 Å². The largest absolute Gasteiger partial charge is 0.377 e. The highest BCUT2D eigenvalue weighted by molar-refractivity contribution is 5.99. The van der Waals surface area contributed by atoms with Gasteiger partial charge >= 0.3 is 6.03 Å². The summed E-state index contributed by atoms with van der Waals surface area (Å²) in [6.07, 6.45) is 2.17. The second-order valence-electron chi connectivity index (χ2n) is 10.9. The van der Waals surface area contributed by atoms with E-state index < -0.39 is 0 Å². The minimum absolute atomic E-state index is 0.188. The van der Waals surface area contributed by atoms with E-state index in [0.717, 1.165) is 56.0 Å². The first-order valence-corrected chi connectivity index (χ1v) is 14.1.